The summed E-state index contributed by atoms with van der Waals surface area (Å²) in [4.78, 5) is 2.21. The summed E-state index contributed by atoms with van der Waals surface area (Å²) in [6.07, 6.45) is -0.555. The maximum Gasteiger partial charge on any atom is 0.231 e. The van der Waals surface area contributed by atoms with Crippen molar-refractivity contribution in [1.82, 2.24) is 4.90 Å². The second-order valence-corrected chi connectivity index (χ2v) is 7.79. The zero-order chi connectivity index (χ0) is 20.6. The minimum absolute atomic E-state index is 0.264. The molecule has 0 radical (unpaired) electrons. The van der Waals surface area contributed by atoms with Gasteiger partial charge in [0, 0.05) is 26.2 Å². The molecule has 1 unspecified atom stereocenters. The minimum Gasteiger partial charge on any atom is -0.497 e. The topological polar surface area (TPSA) is 60.4 Å². The first-order valence-corrected chi connectivity index (χ1v) is 10.0. The summed E-state index contributed by atoms with van der Waals surface area (Å²) < 4.78 is 21.8. The number of aliphatic hydroxyl groups is 1. The Morgan fingerprint density at radius 3 is 2.38 bits per heavy atom. The highest BCUT2D eigenvalue weighted by molar-refractivity contribution is 5.44. The van der Waals surface area contributed by atoms with Crippen LogP contribution in [-0.2, 0) is 17.8 Å². The Labute approximate surface area is 173 Å². The molecule has 2 aromatic carbocycles. The molecule has 0 fully saturated rings. The number of nitrogens with zero attached hydrogens (tertiary/aromatic N) is 1. The maximum absolute atomic E-state index is 10.5. The lowest BCUT2D eigenvalue weighted by Gasteiger charge is -2.25. The molecule has 3 rings (SSSR count). The van der Waals surface area contributed by atoms with E-state index in [4.69, 9.17) is 18.9 Å². The van der Waals surface area contributed by atoms with Crippen molar-refractivity contribution in [2.24, 2.45) is 5.92 Å². The lowest BCUT2D eigenvalue weighted by molar-refractivity contribution is 0.00554. The van der Waals surface area contributed by atoms with E-state index < -0.39 is 6.10 Å². The Bertz CT molecular complexity index is 762. The molecule has 0 saturated heterocycles. The van der Waals surface area contributed by atoms with Gasteiger partial charge in [0.15, 0.2) is 11.5 Å². The fourth-order valence-corrected chi connectivity index (χ4v) is 3.26. The molecule has 158 valence electrons. The molecule has 0 aliphatic carbocycles. The molecule has 0 spiro atoms. The predicted molar refractivity (Wildman–Crippen MR) is 111 cm³/mol. The normalized spacial score (nSPS) is 13.9. The van der Waals surface area contributed by atoms with E-state index in [9.17, 15) is 5.11 Å². The van der Waals surface area contributed by atoms with E-state index in [1.54, 1.807) is 7.11 Å². The Morgan fingerprint density at radius 1 is 0.966 bits per heavy atom. The van der Waals surface area contributed by atoms with Gasteiger partial charge in [-0.15, -0.1) is 0 Å². The van der Waals surface area contributed by atoms with Crippen LogP contribution in [0.15, 0.2) is 42.5 Å². The van der Waals surface area contributed by atoms with Crippen LogP contribution in [0.4, 0.5) is 0 Å². The molecule has 0 amide bonds. The summed E-state index contributed by atoms with van der Waals surface area (Å²) in [6.45, 7) is 7.35. The van der Waals surface area contributed by atoms with E-state index in [0.29, 0.717) is 38.8 Å². The highest BCUT2D eigenvalue weighted by atomic mass is 16.7. The van der Waals surface area contributed by atoms with Crippen molar-refractivity contribution in [1.29, 1.82) is 0 Å². The quantitative estimate of drug-likeness (QED) is 0.622. The molecule has 1 aliphatic heterocycles. The van der Waals surface area contributed by atoms with Crippen molar-refractivity contribution >= 4 is 0 Å². The molecule has 1 atom stereocenters. The zero-order valence-corrected chi connectivity index (χ0v) is 17.5. The van der Waals surface area contributed by atoms with Gasteiger partial charge in [-0.1, -0.05) is 32.0 Å². The molecule has 29 heavy (non-hydrogen) atoms. The third-order valence-corrected chi connectivity index (χ3v) is 4.64. The largest absolute Gasteiger partial charge is 0.497 e. The summed E-state index contributed by atoms with van der Waals surface area (Å²) >= 11 is 0. The van der Waals surface area contributed by atoms with Crippen LogP contribution in [0.2, 0.25) is 0 Å². The van der Waals surface area contributed by atoms with Crippen molar-refractivity contribution in [3.8, 4) is 17.2 Å². The van der Waals surface area contributed by atoms with Gasteiger partial charge in [0.1, 0.15) is 5.75 Å². The van der Waals surface area contributed by atoms with Gasteiger partial charge in [0.05, 0.1) is 19.8 Å². The number of fused-ring (bicyclic) bond motifs is 1. The molecule has 2 aromatic rings. The van der Waals surface area contributed by atoms with E-state index in [1.807, 2.05) is 42.5 Å². The Hall–Kier alpha value is -2.28. The molecular weight excluding hydrogens is 370 g/mol. The lowest BCUT2D eigenvalue weighted by Crippen LogP contribution is -2.34. The van der Waals surface area contributed by atoms with Crippen LogP contribution in [0.5, 0.6) is 17.2 Å². The molecular formula is C23H31NO5. The summed E-state index contributed by atoms with van der Waals surface area (Å²) in [5, 5.41) is 10.5. The van der Waals surface area contributed by atoms with E-state index in [2.05, 4.69) is 18.7 Å². The van der Waals surface area contributed by atoms with Gasteiger partial charge in [-0.3, -0.25) is 4.90 Å². The average molecular weight is 402 g/mol. The number of hydrogen-bond acceptors (Lipinski definition) is 6. The Kier molecular flexibility index (Phi) is 7.75. The van der Waals surface area contributed by atoms with E-state index in [-0.39, 0.29) is 6.79 Å². The van der Waals surface area contributed by atoms with Gasteiger partial charge >= 0.3 is 0 Å². The molecule has 0 bridgehead atoms. The Balaban J connectivity index is 1.66. The van der Waals surface area contributed by atoms with Crippen LogP contribution >= 0.6 is 0 Å². The van der Waals surface area contributed by atoms with E-state index in [0.717, 1.165) is 28.4 Å². The van der Waals surface area contributed by atoms with Crippen molar-refractivity contribution in [2.45, 2.75) is 33.0 Å². The summed E-state index contributed by atoms with van der Waals surface area (Å²) in [5.41, 5.74) is 2.26. The maximum atomic E-state index is 10.5. The number of hydrogen-bond donors (Lipinski definition) is 1. The van der Waals surface area contributed by atoms with Crippen LogP contribution in [0.25, 0.3) is 0 Å². The first-order valence-electron chi connectivity index (χ1n) is 10.0. The van der Waals surface area contributed by atoms with Gasteiger partial charge < -0.3 is 24.1 Å². The molecule has 0 saturated carbocycles. The second-order valence-electron chi connectivity index (χ2n) is 7.79. The summed E-state index contributed by atoms with van der Waals surface area (Å²) in [7, 11) is 1.66. The predicted octanol–water partition coefficient (Wildman–Crippen LogP) is 3.46. The smallest absolute Gasteiger partial charge is 0.231 e. The fourth-order valence-electron chi connectivity index (χ4n) is 3.26. The highest BCUT2D eigenvalue weighted by Crippen LogP contribution is 2.33. The van der Waals surface area contributed by atoms with Crippen molar-refractivity contribution < 1.29 is 24.1 Å². The Morgan fingerprint density at radius 2 is 1.66 bits per heavy atom. The third kappa shape index (κ3) is 6.63. The first kappa shape index (κ1) is 21.4. The van der Waals surface area contributed by atoms with Crippen LogP contribution in [0, 0.1) is 5.92 Å². The zero-order valence-electron chi connectivity index (χ0n) is 17.5. The van der Waals surface area contributed by atoms with E-state index in [1.165, 1.54) is 0 Å². The molecule has 6 heteroatoms. The van der Waals surface area contributed by atoms with E-state index >= 15 is 0 Å². The van der Waals surface area contributed by atoms with Crippen LogP contribution in [0.3, 0.4) is 0 Å². The van der Waals surface area contributed by atoms with Gasteiger partial charge in [0.25, 0.3) is 0 Å². The second kappa shape index (κ2) is 10.5. The summed E-state index contributed by atoms with van der Waals surface area (Å²) in [5.74, 6) is 2.83. The minimum atomic E-state index is -0.555. The molecule has 1 heterocycles. The summed E-state index contributed by atoms with van der Waals surface area (Å²) in [6, 6.07) is 14.0. The fraction of sp³-hybridized carbons (Fsp3) is 0.478. The highest BCUT2D eigenvalue weighted by Gasteiger charge is 2.17. The number of aliphatic hydroxyl groups excluding tert-OH is 1. The van der Waals surface area contributed by atoms with Crippen LogP contribution < -0.4 is 14.2 Å². The SMILES string of the molecule is COc1ccc(CN(Cc2ccc3c(c2)OCO3)CC(O)COCC(C)C)cc1. The molecule has 1 aliphatic rings. The van der Waals surface area contributed by atoms with Crippen molar-refractivity contribution in [3.63, 3.8) is 0 Å². The van der Waals surface area contributed by atoms with Crippen LogP contribution in [-0.4, -0.2) is 49.8 Å². The standard InChI is InChI=1S/C23H31NO5/c1-17(2)14-27-15-20(25)13-24(11-18-4-7-21(26-3)8-5-18)12-19-6-9-22-23(10-19)29-16-28-22/h4-10,17,20,25H,11-16H2,1-3H3. The van der Waals surface area contributed by atoms with Gasteiger partial charge in [-0.2, -0.15) is 0 Å². The number of ether oxygens (including phenoxy) is 4. The average Bonchev–Trinajstić information content (AvgIpc) is 3.16. The lowest BCUT2D eigenvalue weighted by atomic mass is 10.1. The van der Waals surface area contributed by atoms with Gasteiger partial charge in [-0.25, -0.2) is 0 Å². The van der Waals surface area contributed by atoms with Crippen molar-refractivity contribution in [2.75, 3.05) is 33.7 Å². The molecule has 1 N–H and O–H groups in total. The van der Waals surface area contributed by atoms with Gasteiger partial charge in [0.2, 0.25) is 6.79 Å². The molecule has 6 nitrogen and oxygen atoms in total. The molecule has 0 aromatic heterocycles. The monoisotopic (exact) mass is 401 g/mol. The number of methoxy groups -OCH3 is 1. The number of rotatable bonds is 11. The first-order chi connectivity index (χ1) is 14.0. The number of benzene rings is 2. The van der Waals surface area contributed by atoms with Gasteiger partial charge in [-0.05, 0) is 41.3 Å². The third-order valence-electron chi connectivity index (χ3n) is 4.64. The van der Waals surface area contributed by atoms with Crippen molar-refractivity contribution in [3.05, 3.63) is 53.6 Å². The van der Waals surface area contributed by atoms with Crippen LogP contribution in [0.1, 0.15) is 25.0 Å².